The summed E-state index contributed by atoms with van der Waals surface area (Å²) in [5, 5.41) is 2.59. The van der Waals surface area contributed by atoms with Gasteiger partial charge in [-0.3, -0.25) is 4.79 Å². The highest BCUT2D eigenvalue weighted by atomic mass is 35.5. The van der Waals surface area contributed by atoms with Crippen LogP contribution in [0.15, 0.2) is 30.3 Å². The van der Waals surface area contributed by atoms with Gasteiger partial charge in [0.05, 0.1) is 10.7 Å². The fourth-order valence-corrected chi connectivity index (χ4v) is 1.68. The Morgan fingerprint density at radius 3 is 2.25 bits per heavy atom. The number of rotatable bonds is 2. The first-order valence-electron chi connectivity index (χ1n) is 5.39. The van der Waals surface area contributed by atoms with E-state index in [4.69, 9.17) is 17.3 Å². The molecule has 0 saturated heterocycles. The van der Waals surface area contributed by atoms with Gasteiger partial charge < -0.3 is 11.1 Å². The lowest BCUT2D eigenvalue weighted by Crippen LogP contribution is -2.13. The number of carbonyl (C=O) groups excluding carboxylic acids is 1. The van der Waals surface area contributed by atoms with E-state index < -0.39 is 23.4 Å². The van der Waals surface area contributed by atoms with Crippen LogP contribution in [0.25, 0.3) is 0 Å². The van der Waals surface area contributed by atoms with E-state index in [0.29, 0.717) is 23.5 Å². The molecule has 3 N–H and O–H groups in total. The molecule has 0 heterocycles. The minimum absolute atomic E-state index is 0.222. The highest BCUT2D eigenvalue weighted by Gasteiger charge is 2.15. The molecule has 0 aliphatic heterocycles. The molecule has 0 spiro atoms. The number of halogens is 4. The summed E-state index contributed by atoms with van der Waals surface area (Å²) < 4.78 is 38.8. The maximum absolute atomic E-state index is 13.0. The number of nitrogen functional groups attached to an aromatic ring is 1. The van der Waals surface area contributed by atoms with Crippen molar-refractivity contribution in [2.45, 2.75) is 0 Å². The lowest BCUT2D eigenvalue weighted by Gasteiger charge is -2.07. The molecule has 0 aliphatic carbocycles. The second-order valence-electron chi connectivity index (χ2n) is 3.94. The van der Waals surface area contributed by atoms with Crippen LogP contribution in [0.2, 0.25) is 5.02 Å². The maximum Gasteiger partial charge on any atom is 0.255 e. The predicted octanol–water partition coefficient (Wildman–Crippen LogP) is 3.59. The number of nitrogens with one attached hydrogen (secondary N) is 1. The van der Waals surface area contributed by atoms with Crippen molar-refractivity contribution >= 4 is 28.9 Å². The van der Waals surface area contributed by atoms with Crippen LogP contribution in [0, 0.1) is 17.5 Å². The van der Waals surface area contributed by atoms with Crippen molar-refractivity contribution in [1.29, 1.82) is 0 Å². The van der Waals surface area contributed by atoms with E-state index in [0.717, 1.165) is 0 Å². The smallest absolute Gasteiger partial charge is 0.255 e. The van der Waals surface area contributed by atoms with Crippen molar-refractivity contribution in [3.63, 3.8) is 0 Å². The van der Waals surface area contributed by atoms with Crippen LogP contribution in [-0.2, 0) is 0 Å². The summed E-state index contributed by atoms with van der Waals surface area (Å²) in [5.41, 5.74) is 5.76. The molecule has 2 aromatic rings. The number of carbonyl (C=O) groups is 1. The Morgan fingerprint density at radius 1 is 1.10 bits per heavy atom. The first-order valence-corrected chi connectivity index (χ1v) is 5.77. The van der Waals surface area contributed by atoms with E-state index >= 15 is 0 Å². The summed E-state index contributed by atoms with van der Waals surface area (Å²) in [6.07, 6.45) is 0. The van der Waals surface area contributed by atoms with Gasteiger partial charge in [-0.25, -0.2) is 13.2 Å². The highest BCUT2D eigenvalue weighted by Crippen LogP contribution is 2.23. The van der Waals surface area contributed by atoms with Gasteiger partial charge >= 0.3 is 0 Å². The summed E-state index contributed by atoms with van der Waals surface area (Å²) in [7, 11) is 0. The molecule has 20 heavy (non-hydrogen) atoms. The molecule has 0 atom stereocenters. The van der Waals surface area contributed by atoms with Crippen LogP contribution in [-0.4, -0.2) is 5.91 Å². The first kappa shape index (κ1) is 14.2. The van der Waals surface area contributed by atoms with Crippen molar-refractivity contribution < 1.29 is 18.0 Å². The molecule has 0 aromatic heterocycles. The molecule has 0 radical (unpaired) electrons. The SMILES string of the molecule is Nc1ccc(NC(=O)c2cc(F)c(F)c(F)c2)cc1Cl. The Kier molecular flexibility index (Phi) is 3.85. The van der Waals surface area contributed by atoms with Crippen molar-refractivity contribution in [2.75, 3.05) is 11.1 Å². The highest BCUT2D eigenvalue weighted by molar-refractivity contribution is 6.33. The zero-order valence-corrected chi connectivity index (χ0v) is 10.6. The maximum atomic E-state index is 13.0. The minimum Gasteiger partial charge on any atom is -0.398 e. The fraction of sp³-hybridized carbons (Fsp3) is 0. The van der Waals surface area contributed by atoms with Crippen LogP contribution in [0.3, 0.4) is 0 Å². The van der Waals surface area contributed by atoms with E-state index in [1.807, 2.05) is 0 Å². The van der Waals surface area contributed by atoms with Crippen LogP contribution >= 0.6 is 11.6 Å². The molecule has 104 valence electrons. The van der Waals surface area contributed by atoms with Crippen molar-refractivity contribution in [2.24, 2.45) is 0 Å². The van der Waals surface area contributed by atoms with E-state index in [-0.39, 0.29) is 10.6 Å². The average Bonchev–Trinajstić information content (AvgIpc) is 2.39. The lowest BCUT2D eigenvalue weighted by atomic mass is 10.2. The number of nitrogens with two attached hydrogens (primary N) is 1. The molecule has 0 saturated carbocycles. The van der Waals surface area contributed by atoms with Gasteiger partial charge in [-0.05, 0) is 30.3 Å². The van der Waals surface area contributed by atoms with Crippen molar-refractivity contribution in [3.05, 3.63) is 58.4 Å². The summed E-state index contributed by atoms with van der Waals surface area (Å²) in [5.74, 6) is -5.31. The average molecular weight is 301 g/mol. The van der Waals surface area contributed by atoms with Gasteiger partial charge in [0.25, 0.3) is 5.91 Å². The number of benzene rings is 2. The standard InChI is InChI=1S/C13H8ClF3N2O/c14-8-5-7(1-2-11(8)18)19-13(20)6-3-9(15)12(17)10(16)4-6/h1-5H,18H2,(H,19,20). The number of amides is 1. The zero-order chi connectivity index (χ0) is 14.9. The van der Waals surface area contributed by atoms with Crippen LogP contribution in [0.1, 0.15) is 10.4 Å². The van der Waals surface area contributed by atoms with Gasteiger partial charge in [-0.15, -0.1) is 0 Å². The number of hydrogen-bond donors (Lipinski definition) is 2. The van der Waals surface area contributed by atoms with Gasteiger partial charge in [0, 0.05) is 11.3 Å². The molecule has 1 amide bonds. The van der Waals surface area contributed by atoms with E-state index in [9.17, 15) is 18.0 Å². The molecule has 0 fully saturated rings. The topological polar surface area (TPSA) is 55.1 Å². The Labute approximate surface area is 117 Å². The van der Waals surface area contributed by atoms with E-state index in [1.165, 1.54) is 18.2 Å². The van der Waals surface area contributed by atoms with E-state index in [2.05, 4.69) is 5.32 Å². The van der Waals surface area contributed by atoms with Crippen LogP contribution in [0.5, 0.6) is 0 Å². The second-order valence-corrected chi connectivity index (χ2v) is 4.35. The normalized spacial score (nSPS) is 10.4. The Morgan fingerprint density at radius 2 is 1.70 bits per heavy atom. The molecule has 3 nitrogen and oxygen atoms in total. The molecule has 0 aliphatic rings. The Bertz CT molecular complexity index is 668. The quantitative estimate of drug-likeness (QED) is 0.658. The van der Waals surface area contributed by atoms with Crippen molar-refractivity contribution in [3.8, 4) is 0 Å². The summed E-state index contributed by atoms with van der Waals surface area (Å²) in [6, 6.07) is 5.52. The largest absolute Gasteiger partial charge is 0.398 e. The summed E-state index contributed by atoms with van der Waals surface area (Å²) >= 11 is 5.77. The fourth-order valence-electron chi connectivity index (χ4n) is 1.49. The Balaban J connectivity index is 2.26. The molecular formula is C13H8ClF3N2O. The minimum atomic E-state index is -1.63. The van der Waals surface area contributed by atoms with Gasteiger partial charge in [0.2, 0.25) is 0 Å². The third-order valence-corrected chi connectivity index (χ3v) is 2.83. The summed E-state index contributed by atoms with van der Waals surface area (Å²) in [4.78, 5) is 11.8. The molecule has 0 unspecified atom stereocenters. The lowest BCUT2D eigenvalue weighted by molar-refractivity contribution is 0.102. The van der Waals surface area contributed by atoms with E-state index in [1.54, 1.807) is 0 Å². The van der Waals surface area contributed by atoms with Gasteiger partial charge in [0.15, 0.2) is 17.5 Å². The number of hydrogen-bond acceptors (Lipinski definition) is 2. The summed E-state index contributed by atoms with van der Waals surface area (Å²) in [6.45, 7) is 0. The van der Waals surface area contributed by atoms with Crippen molar-refractivity contribution in [1.82, 2.24) is 0 Å². The van der Waals surface area contributed by atoms with Crippen LogP contribution < -0.4 is 11.1 Å². The third-order valence-electron chi connectivity index (χ3n) is 2.50. The monoisotopic (exact) mass is 300 g/mol. The van der Waals surface area contributed by atoms with Crippen LogP contribution in [0.4, 0.5) is 24.5 Å². The third kappa shape index (κ3) is 2.85. The Hall–Kier alpha value is -2.21. The zero-order valence-electron chi connectivity index (χ0n) is 9.88. The molecule has 2 aromatic carbocycles. The van der Waals surface area contributed by atoms with Gasteiger partial charge in [-0.2, -0.15) is 0 Å². The molecule has 7 heteroatoms. The van der Waals surface area contributed by atoms with Gasteiger partial charge in [-0.1, -0.05) is 11.6 Å². The predicted molar refractivity (Wildman–Crippen MR) is 70.1 cm³/mol. The second kappa shape index (κ2) is 5.42. The molecule has 0 bridgehead atoms. The first-order chi connectivity index (χ1) is 9.38. The number of anilines is 2. The van der Waals surface area contributed by atoms with Gasteiger partial charge in [0.1, 0.15) is 0 Å². The molecular weight excluding hydrogens is 293 g/mol. The molecule has 2 rings (SSSR count).